The van der Waals surface area contributed by atoms with E-state index in [2.05, 4.69) is 16.5 Å². The van der Waals surface area contributed by atoms with Gasteiger partial charge in [-0.05, 0) is 52.6 Å². The van der Waals surface area contributed by atoms with Gasteiger partial charge in [0.25, 0.3) is 5.91 Å². The molecular weight excluding hydrogens is 404 g/mol. The molecule has 0 atom stereocenters. The van der Waals surface area contributed by atoms with Crippen LogP contribution in [0, 0.1) is 0 Å². The van der Waals surface area contributed by atoms with Gasteiger partial charge in [-0.1, -0.05) is 6.58 Å². The van der Waals surface area contributed by atoms with Crippen molar-refractivity contribution in [2.24, 2.45) is 16.5 Å². The number of nitrogens with two attached hydrogens (primary N) is 2. The minimum absolute atomic E-state index is 0.0651. The van der Waals surface area contributed by atoms with Gasteiger partial charge in [0.1, 0.15) is 5.70 Å². The predicted molar refractivity (Wildman–Crippen MR) is 120 cm³/mol. The number of likely N-dealkylation sites (tertiary alicyclic amines) is 2. The van der Waals surface area contributed by atoms with Gasteiger partial charge < -0.3 is 21.3 Å². The van der Waals surface area contributed by atoms with Crippen LogP contribution in [0.2, 0.25) is 0 Å². The van der Waals surface area contributed by atoms with E-state index in [4.69, 9.17) is 11.5 Å². The quantitative estimate of drug-likeness (QED) is 0.267. The van der Waals surface area contributed by atoms with E-state index in [0.29, 0.717) is 36.2 Å². The Kier molecular flexibility index (Phi) is 8.06. The number of carbonyl (C=O) groups is 1. The number of allylic oxidation sites excluding steroid dienone is 1. The average molecular weight is 441 g/mol. The van der Waals surface area contributed by atoms with Crippen molar-refractivity contribution in [3.05, 3.63) is 23.5 Å². The summed E-state index contributed by atoms with van der Waals surface area (Å²) in [6, 6.07) is 0.464. The molecule has 2 saturated heterocycles. The Bertz CT molecular complexity index is 815. The van der Waals surface area contributed by atoms with Crippen LogP contribution in [0.3, 0.4) is 0 Å². The van der Waals surface area contributed by atoms with Crippen molar-refractivity contribution in [2.45, 2.75) is 51.6 Å². The van der Waals surface area contributed by atoms with E-state index in [9.17, 15) is 13.2 Å². The van der Waals surface area contributed by atoms with Gasteiger partial charge in [0, 0.05) is 43.5 Å². The molecule has 2 aliphatic heterocycles. The number of aliphatic imine (C=N–C) groups is 1. The normalized spacial score (nSPS) is 21.6. The molecule has 2 heterocycles. The summed E-state index contributed by atoms with van der Waals surface area (Å²) < 4.78 is 25.0. The second-order valence-corrected chi connectivity index (χ2v) is 10.4. The number of carbonyl (C=O) groups excluding carboxylic acids is 1. The highest BCUT2D eigenvalue weighted by Crippen LogP contribution is 2.25. The lowest BCUT2D eigenvalue weighted by molar-refractivity contribution is -0.128. The summed E-state index contributed by atoms with van der Waals surface area (Å²) in [6.07, 6.45) is 4.67. The summed E-state index contributed by atoms with van der Waals surface area (Å²) in [5.74, 6) is 0.131. The summed E-state index contributed by atoms with van der Waals surface area (Å²) in [4.78, 5) is 21.4. The average Bonchev–Trinajstić information content (AvgIpc) is 2.69. The highest BCUT2D eigenvalue weighted by atomic mass is 32.2. The first kappa shape index (κ1) is 24.4. The van der Waals surface area contributed by atoms with Crippen molar-refractivity contribution in [2.75, 3.05) is 39.5 Å². The topological polar surface area (TPSA) is 125 Å². The van der Waals surface area contributed by atoms with Crippen LogP contribution in [0.4, 0.5) is 0 Å². The molecule has 0 aromatic rings. The number of amides is 1. The molecule has 0 aliphatic carbocycles. The molecule has 30 heavy (non-hydrogen) atoms. The second kappa shape index (κ2) is 9.93. The third kappa shape index (κ3) is 6.05. The number of nitrogens with zero attached hydrogens (tertiary/aromatic N) is 4. The van der Waals surface area contributed by atoms with Crippen molar-refractivity contribution < 1.29 is 13.2 Å². The highest BCUT2D eigenvalue weighted by molar-refractivity contribution is 7.88. The lowest BCUT2D eigenvalue weighted by Crippen LogP contribution is -2.52. The van der Waals surface area contributed by atoms with Crippen LogP contribution in [0.25, 0.3) is 0 Å². The van der Waals surface area contributed by atoms with E-state index in [1.165, 1.54) is 10.6 Å². The first-order valence-corrected chi connectivity index (χ1v) is 12.2. The van der Waals surface area contributed by atoms with Gasteiger partial charge in [0.15, 0.2) is 0 Å². The standard InChI is InChI=1S/C20H36N6O3S/c1-14(15(2)21)19(23-16(3)22)20(27)26-12-8-18(9-13-26)25-10-6-17(7-11-25)24(4)30(5,28)29/h17-18H,2,6-13,21H2,1,3-5H3,(H2,22,23)/b19-14-. The monoisotopic (exact) mass is 440 g/mol. The Labute approximate surface area is 180 Å². The predicted octanol–water partition coefficient (Wildman–Crippen LogP) is 0.457. The Balaban J connectivity index is 1.95. The molecule has 0 saturated carbocycles. The summed E-state index contributed by atoms with van der Waals surface area (Å²) in [5, 5.41) is 0. The van der Waals surface area contributed by atoms with E-state index in [-0.39, 0.29) is 17.6 Å². The Morgan fingerprint density at radius 3 is 2.03 bits per heavy atom. The number of amidine groups is 1. The largest absolute Gasteiger partial charge is 0.399 e. The number of hydrogen-bond donors (Lipinski definition) is 2. The molecule has 2 fully saturated rings. The zero-order valence-corrected chi connectivity index (χ0v) is 19.4. The third-order valence-electron chi connectivity index (χ3n) is 6.13. The fourth-order valence-electron chi connectivity index (χ4n) is 4.09. The lowest BCUT2D eigenvalue weighted by atomic mass is 9.97. The molecule has 0 bridgehead atoms. The first-order valence-electron chi connectivity index (χ1n) is 10.3. The van der Waals surface area contributed by atoms with Crippen LogP contribution in [-0.4, -0.2) is 85.8 Å². The van der Waals surface area contributed by atoms with Gasteiger partial charge >= 0.3 is 0 Å². The second-order valence-electron chi connectivity index (χ2n) is 8.32. The number of rotatable bonds is 6. The minimum Gasteiger partial charge on any atom is -0.399 e. The molecule has 4 N–H and O–H groups in total. The van der Waals surface area contributed by atoms with Crippen molar-refractivity contribution >= 4 is 21.8 Å². The van der Waals surface area contributed by atoms with Crippen LogP contribution in [0.1, 0.15) is 39.5 Å². The van der Waals surface area contributed by atoms with Crippen LogP contribution in [-0.2, 0) is 14.8 Å². The summed E-state index contributed by atoms with van der Waals surface area (Å²) in [7, 11) is -1.50. The van der Waals surface area contributed by atoms with Crippen LogP contribution >= 0.6 is 0 Å². The Hall–Kier alpha value is -1.91. The smallest absolute Gasteiger partial charge is 0.272 e. The summed E-state index contributed by atoms with van der Waals surface area (Å²) in [6.45, 7) is 10.1. The van der Waals surface area contributed by atoms with Crippen molar-refractivity contribution in [3.63, 3.8) is 0 Å². The molecule has 0 aromatic carbocycles. The van der Waals surface area contributed by atoms with Crippen molar-refractivity contribution in [1.82, 2.24) is 14.1 Å². The number of piperidine rings is 2. The van der Waals surface area contributed by atoms with Crippen molar-refractivity contribution in [1.29, 1.82) is 0 Å². The van der Waals surface area contributed by atoms with Crippen LogP contribution < -0.4 is 11.5 Å². The van der Waals surface area contributed by atoms with Crippen LogP contribution in [0.15, 0.2) is 28.5 Å². The first-order chi connectivity index (χ1) is 13.9. The fourth-order valence-corrected chi connectivity index (χ4v) is 4.84. The van der Waals surface area contributed by atoms with E-state index in [0.717, 1.165) is 38.8 Å². The SMILES string of the molecule is C=C(N)/C(C)=C(\N=C(\C)N)C(=O)N1CCC(N2CCC(N(C)S(C)(=O)=O)CC2)CC1. The van der Waals surface area contributed by atoms with Gasteiger partial charge in [-0.3, -0.25) is 4.79 Å². The zero-order chi connectivity index (χ0) is 22.6. The lowest BCUT2D eigenvalue weighted by Gasteiger charge is -2.43. The van der Waals surface area contributed by atoms with E-state index in [1.807, 2.05) is 0 Å². The molecule has 0 aromatic heterocycles. The molecule has 170 valence electrons. The van der Waals surface area contributed by atoms with Gasteiger partial charge in [0.05, 0.1) is 12.1 Å². The molecule has 2 aliphatic rings. The summed E-state index contributed by atoms with van der Waals surface area (Å²) >= 11 is 0. The summed E-state index contributed by atoms with van der Waals surface area (Å²) in [5.41, 5.74) is 12.6. The molecule has 1 amide bonds. The molecule has 0 spiro atoms. The Morgan fingerprint density at radius 2 is 1.60 bits per heavy atom. The Morgan fingerprint density at radius 1 is 1.07 bits per heavy atom. The molecule has 2 rings (SSSR count). The molecule has 0 unspecified atom stereocenters. The maximum atomic E-state index is 13.0. The number of hydrogen-bond acceptors (Lipinski definition) is 6. The highest BCUT2D eigenvalue weighted by Gasteiger charge is 2.33. The van der Waals surface area contributed by atoms with Crippen LogP contribution in [0.5, 0.6) is 0 Å². The van der Waals surface area contributed by atoms with E-state index >= 15 is 0 Å². The van der Waals surface area contributed by atoms with Gasteiger partial charge in [0.2, 0.25) is 10.0 Å². The molecular formula is C20H36N6O3S. The zero-order valence-electron chi connectivity index (χ0n) is 18.6. The minimum atomic E-state index is -3.16. The van der Waals surface area contributed by atoms with Gasteiger partial charge in [-0.2, -0.15) is 0 Å². The van der Waals surface area contributed by atoms with Gasteiger partial charge in [-0.25, -0.2) is 17.7 Å². The number of sulfonamides is 1. The maximum Gasteiger partial charge on any atom is 0.272 e. The molecule has 10 heteroatoms. The maximum absolute atomic E-state index is 13.0. The van der Waals surface area contributed by atoms with Gasteiger partial charge in [-0.15, -0.1) is 0 Å². The van der Waals surface area contributed by atoms with Crippen molar-refractivity contribution in [3.8, 4) is 0 Å². The molecule has 9 nitrogen and oxygen atoms in total. The third-order valence-corrected chi connectivity index (χ3v) is 7.48. The van der Waals surface area contributed by atoms with E-state index in [1.54, 1.807) is 25.8 Å². The van der Waals surface area contributed by atoms with E-state index < -0.39 is 10.0 Å². The fraction of sp³-hybridized carbons (Fsp3) is 0.700. The molecule has 0 radical (unpaired) electrons.